The van der Waals surface area contributed by atoms with E-state index in [2.05, 4.69) is 47.5 Å². The van der Waals surface area contributed by atoms with Crippen LogP contribution >= 0.6 is 0 Å². The van der Waals surface area contributed by atoms with Crippen LogP contribution in [0.3, 0.4) is 0 Å². The quantitative estimate of drug-likeness (QED) is 0.927. The Morgan fingerprint density at radius 3 is 2.73 bits per heavy atom. The first-order valence-corrected chi connectivity index (χ1v) is 8.70. The van der Waals surface area contributed by atoms with Crippen molar-refractivity contribution in [3.63, 3.8) is 0 Å². The number of rotatable bonds is 4. The minimum absolute atomic E-state index is 0.262. The molecule has 1 unspecified atom stereocenters. The van der Waals surface area contributed by atoms with E-state index in [1.807, 2.05) is 0 Å². The zero-order chi connectivity index (χ0) is 15.4. The Labute approximate surface area is 134 Å². The van der Waals surface area contributed by atoms with Crippen LogP contribution in [0.5, 0.6) is 0 Å². The highest BCUT2D eigenvalue weighted by Gasteiger charge is 2.37. The van der Waals surface area contributed by atoms with Gasteiger partial charge in [0.25, 0.3) is 0 Å². The first kappa shape index (κ1) is 15.5. The molecule has 1 aromatic carbocycles. The lowest BCUT2D eigenvalue weighted by atomic mass is 9.83. The molecule has 0 spiro atoms. The fraction of sp³-hybridized carbons (Fsp3) is 0.632. The molecular formula is C19H28N2O. The number of nitrogens with zero attached hydrogens (tertiary/aromatic N) is 1. The van der Waals surface area contributed by atoms with Crippen LogP contribution in [0.2, 0.25) is 0 Å². The lowest BCUT2D eigenvalue weighted by Gasteiger charge is -2.29. The van der Waals surface area contributed by atoms with Crippen LogP contribution in [0.15, 0.2) is 30.3 Å². The average Bonchev–Trinajstić information content (AvgIpc) is 2.97. The van der Waals surface area contributed by atoms with Gasteiger partial charge in [0.15, 0.2) is 0 Å². The van der Waals surface area contributed by atoms with Gasteiger partial charge in [-0.3, -0.25) is 4.79 Å². The van der Waals surface area contributed by atoms with Gasteiger partial charge >= 0.3 is 0 Å². The second-order valence-corrected chi connectivity index (χ2v) is 7.33. The van der Waals surface area contributed by atoms with Gasteiger partial charge in [0.05, 0.1) is 0 Å². The number of carbonyl (C=O) groups excluding carboxylic acids is 1. The molecule has 2 heterocycles. The summed E-state index contributed by atoms with van der Waals surface area (Å²) >= 11 is 0. The summed E-state index contributed by atoms with van der Waals surface area (Å²) in [5.74, 6) is 0.669. The molecule has 1 amide bonds. The molecular weight excluding hydrogens is 272 g/mol. The topological polar surface area (TPSA) is 32.3 Å². The molecule has 22 heavy (non-hydrogen) atoms. The van der Waals surface area contributed by atoms with Gasteiger partial charge in [-0.15, -0.1) is 0 Å². The summed E-state index contributed by atoms with van der Waals surface area (Å²) in [6, 6.07) is 10.7. The van der Waals surface area contributed by atoms with Crippen LogP contribution in [0.1, 0.15) is 38.2 Å². The highest BCUT2D eigenvalue weighted by molar-refractivity contribution is 5.79. The van der Waals surface area contributed by atoms with Gasteiger partial charge in [-0.05, 0) is 56.2 Å². The number of likely N-dealkylation sites (tertiary alicyclic amines) is 1. The van der Waals surface area contributed by atoms with Crippen molar-refractivity contribution >= 4 is 5.91 Å². The molecule has 120 valence electrons. The predicted molar refractivity (Wildman–Crippen MR) is 89.7 cm³/mol. The minimum atomic E-state index is 0.262. The third kappa shape index (κ3) is 3.70. The Morgan fingerprint density at radius 1 is 1.27 bits per heavy atom. The molecule has 3 heteroatoms. The summed E-state index contributed by atoms with van der Waals surface area (Å²) in [7, 11) is 0. The molecule has 0 radical (unpaired) electrons. The summed E-state index contributed by atoms with van der Waals surface area (Å²) in [6.07, 6.45) is 5.46. The maximum Gasteiger partial charge on any atom is 0.225 e. The monoisotopic (exact) mass is 300 g/mol. The van der Waals surface area contributed by atoms with Crippen molar-refractivity contribution in [2.24, 2.45) is 11.3 Å². The lowest BCUT2D eigenvalue weighted by molar-refractivity contribution is -0.135. The van der Waals surface area contributed by atoms with Gasteiger partial charge < -0.3 is 10.2 Å². The fourth-order valence-corrected chi connectivity index (χ4v) is 3.83. The zero-order valence-corrected chi connectivity index (χ0v) is 13.7. The first-order chi connectivity index (χ1) is 10.7. The molecule has 2 saturated heterocycles. The van der Waals surface area contributed by atoms with Crippen LogP contribution < -0.4 is 5.32 Å². The van der Waals surface area contributed by atoms with Crippen molar-refractivity contribution in [1.82, 2.24) is 10.2 Å². The van der Waals surface area contributed by atoms with Crippen molar-refractivity contribution < 1.29 is 4.79 Å². The summed E-state index contributed by atoms with van der Waals surface area (Å²) < 4.78 is 0. The molecule has 0 bridgehead atoms. The number of carbonyl (C=O) groups is 1. The van der Waals surface area contributed by atoms with Crippen molar-refractivity contribution in [1.29, 1.82) is 0 Å². The highest BCUT2D eigenvalue weighted by atomic mass is 16.2. The molecule has 1 atom stereocenters. The molecule has 2 aliphatic heterocycles. The molecule has 0 aromatic heterocycles. The van der Waals surface area contributed by atoms with Gasteiger partial charge in [-0.2, -0.15) is 0 Å². The number of nitrogens with one attached hydrogen (secondary N) is 1. The van der Waals surface area contributed by atoms with Crippen molar-refractivity contribution in [3.05, 3.63) is 35.9 Å². The van der Waals surface area contributed by atoms with Crippen molar-refractivity contribution in [3.8, 4) is 0 Å². The first-order valence-electron chi connectivity index (χ1n) is 8.70. The third-order valence-corrected chi connectivity index (χ3v) is 5.42. The van der Waals surface area contributed by atoms with E-state index >= 15 is 0 Å². The van der Waals surface area contributed by atoms with Gasteiger partial charge in [0.2, 0.25) is 5.91 Å². The Balaban J connectivity index is 1.53. The molecule has 3 rings (SSSR count). The number of benzene rings is 1. The molecule has 2 aliphatic rings. The second-order valence-electron chi connectivity index (χ2n) is 7.33. The molecule has 3 nitrogen and oxygen atoms in total. The summed E-state index contributed by atoms with van der Waals surface area (Å²) in [6.45, 7) is 6.24. The van der Waals surface area contributed by atoms with Gasteiger partial charge in [-0.25, -0.2) is 0 Å². The lowest BCUT2D eigenvalue weighted by Crippen LogP contribution is -2.40. The number of piperidine rings is 1. The maximum atomic E-state index is 12.7. The van der Waals surface area contributed by atoms with Crippen LogP contribution in [0.4, 0.5) is 0 Å². The van der Waals surface area contributed by atoms with E-state index in [1.54, 1.807) is 0 Å². The fourth-order valence-electron chi connectivity index (χ4n) is 3.83. The largest absolute Gasteiger partial charge is 0.342 e. The van der Waals surface area contributed by atoms with Gasteiger partial charge in [-0.1, -0.05) is 37.3 Å². The van der Waals surface area contributed by atoms with E-state index in [0.29, 0.717) is 11.3 Å². The second kappa shape index (κ2) is 6.82. The molecule has 0 saturated carbocycles. The number of hydrogen-bond donors (Lipinski definition) is 1. The SMILES string of the molecule is CC1(CCc2ccccc2)CCN(C(=O)C2CCNCC2)C1. The van der Waals surface area contributed by atoms with E-state index in [1.165, 1.54) is 12.0 Å². The standard InChI is InChI=1S/C19H28N2O/c1-19(10-7-16-5-3-2-4-6-16)11-14-21(15-19)18(22)17-8-12-20-13-9-17/h2-6,17,20H,7-15H2,1H3. The molecule has 1 aromatic rings. The van der Waals surface area contributed by atoms with Gasteiger partial charge in [0.1, 0.15) is 0 Å². The van der Waals surface area contributed by atoms with Crippen LogP contribution in [-0.4, -0.2) is 37.0 Å². The Hall–Kier alpha value is -1.35. The number of hydrogen-bond acceptors (Lipinski definition) is 2. The van der Waals surface area contributed by atoms with E-state index in [-0.39, 0.29) is 5.92 Å². The Kier molecular flexibility index (Phi) is 4.82. The van der Waals surface area contributed by atoms with Crippen LogP contribution in [-0.2, 0) is 11.2 Å². The number of amides is 1. The van der Waals surface area contributed by atoms with Crippen molar-refractivity contribution in [2.75, 3.05) is 26.2 Å². The number of aryl methyl sites for hydroxylation is 1. The highest BCUT2D eigenvalue weighted by Crippen LogP contribution is 2.35. The van der Waals surface area contributed by atoms with E-state index < -0.39 is 0 Å². The Morgan fingerprint density at radius 2 is 2.00 bits per heavy atom. The van der Waals surface area contributed by atoms with Crippen LogP contribution in [0.25, 0.3) is 0 Å². The average molecular weight is 300 g/mol. The van der Waals surface area contributed by atoms with E-state index in [0.717, 1.165) is 51.9 Å². The summed E-state index contributed by atoms with van der Waals surface area (Å²) in [5, 5.41) is 3.34. The summed E-state index contributed by atoms with van der Waals surface area (Å²) in [4.78, 5) is 14.8. The van der Waals surface area contributed by atoms with Gasteiger partial charge in [0, 0.05) is 19.0 Å². The Bertz CT molecular complexity index is 495. The predicted octanol–water partition coefficient (Wildman–Crippen LogP) is 2.86. The third-order valence-electron chi connectivity index (χ3n) is 5.42. The molecule has 0 aliphatic carbocycles. The normalized spacial score (nSPS) is 26.3. The maximum absolute atomic E-state index is 12.7. The zero-order valence-electron chi connectivity index (χ0n) is 13.7. The van der Waals surface area contributed by atoms with Crippen molar-refractivity contribution in [2.45, 2.75) is 39.0 Å². The molecule has 1 N–H and O–H groups in total. The van der Waals surface area contributed by atoms with E-state index in [4.69, 9.17) is 0 Å². The summed E-state index contributed by atoms with van der Waals surface area (Å²) in [5.41, 5.74) is 1.70. The molecule has 2 fully saturated rings. The smallest absolute Gasteiger partial charge is 0.225 e. The minimum Gasteiger partial charge on any atom is -0.342 e. The van der Waals surface area contributed by atoms with E-state index in [9.17, 15) is 4.79 Å². The van der Waals surface area contributed by atoms with Crippen LogP contribution in [0, 0.1) is 11.3 Å².